The van der Waals surface area contributed by atoms with Crippen molar-refractivity contribution in [3.8, 4) is 0 Å². The third-order valence-corrected chi connectivity index (χ3v) is 7.31. The van der Waals surface area contributed by atoms with Gasteiger partial charge in [-0.1, -0.05) is 0 Å². The minimum absolute atomic E-state index is 0.169. The van der Waals surface area contributed by atoms with Crippen molar-refractivity contribution in [1.29, 1.82) is 0 Å². The zero-order valence-electron chi connectivity index (χ0n) is 11.1. The normalized spacial score (nSPS) is 14.7. The molecule has 0 heterocycles. The first-order valence-electron chi connectivity index (χ1n) is 6.12. The zero-order chi connectivity index (χ0) is 14.2. The second-order valence-corrected chi connectivity index (χ2v) is 8.84. The van der Waals surface area contributed by atoms with E-state index in [1.54, 1.807) is 56.3 Å². The van der Waals surface area contributed by atoms with E-state index in [2.05, 4.69) is 0 Å². The van der Waals surface area contributed by atoms with E-state index in [1.165, 1.54) is 0 Å². The Morgan fingerprint density at radius 2 is 1.16 bits per heavy atom. The molecule has 0 aliphatic carbocycles. The average Bonchev–Trinajstić information content (AvgIpc) is 2.40. The maximum absolute atomic E-state index is 10.7. The second kappa shape index (κ2) is 4.39. The molecule has 0 radical (unpaired) electrons. The van der Waals surface area contributed by atoms with Gasteiger partial charge in [-0.25, -0.2) is 0 Å². The molecule has 0 spiro atoms. The quantitative estimate of drug-likeness (QED) is 0.756. The van der Waals surface area contributed by atoms with Crippen LogP contribution in [0.4, 0.5) is 0 Å². The van der Waals surface area contributed by atoms with Crippen LogP contribution in [0.25, 0.3) is 0 Å². The molecule has 3 N–H and O–H groups in total. The van der Waals surface area contributed by atoms with E-state index in [4.69, 9.17) is 0 Å². The number of hydrogen-bond donors (Lipinski definition) is 3. The monoisotopic (exact) mass is 278 g/mol. The predicted octanol–water partition coefficient (Wildman–Crippen LogP) is 2.52. The first kappa shape index (κ1) is 14.2. The molecular weight excluding hydrogens is 259 g/mol. The Morgan fingerprint density at radius 1 is 0.737 bits per heavy atom. The molecule has 0 aliphatic heterocycles. The number of rotatable bonds is 3. The fourth-order valence-corrected chi connectivity index (χ4v) is 4.10. The predicted molar refractivity (Wildman–Crippen MR) is 79.1 cm³/mol. The molecule has 2 rings (SSSR count). The van der Waals surface area contributed by atoms with Crippen molar-refractivity contribution in [2.75, 3.05) is 0 Å². The molecule has 2 aromatic rings. The Labute approximate surface area is 113 Å². The van der Waals surface area contributed by atoms with Gasteiger partial charge in [0, 0.05) is 0 Å². The molecule has 0 saturated carbocycles. The van der Waals surface area contributed by atoms with Gasteiger partial charge < -0.3 is 0 Å². The maximum atomic E-state index is 10.7. The number of benzene rings is 2. The van der Waals surface area contributed by atoms with E-state index in [9.17, 15) is 14.7 Å². The number of hydrogen-bond acceptors (Lipinski definition) is 3. The van der Waals surface area contributed by atoms with Crippen LogP contribution in [-0.2, 0) is 5.16 Å². The molecule has 19 heavy (non-hydrogen) atoms. The summed E-state index contributed by atoms with van der Waals surface area (Å²) in [7, 11) is -5.03. The van der Waals surface area contributed by atoms with Crippen molar-refractivity contribution in [2.45, 2.75) is 19.0 Å². The van der Waals surface area contributed by atoms with Gasteiger partial charge >= 0.3 is 112 Å². The third-order valence-electron chi connectivity index (χ3n) is 3.74. The Balaban J connectivity index is 2.61. The van der Waals surface area contributed by atoms with Gasteiger partial charge in [-0.3, -0.25) is 0 Å². The molecule has 2 aromatic carbocycles. The van der Waals surface area contributed by atoms with Gasteiger partial charge in [0.25, 0.3) is 0 Å². The summed E-state index contributed by atoms with van der Waals surface area (Å²) >= 11 is 0. The van der Waals surface area contributed by atoms with Gasteiger partial charge in [0.1, 0.15) is 0 Å². The van der Waals surface area contributed by atoms with Crippen LogP contribution in [0, 0.1) is 0 Å². The van der Waals surface area contributed by atoms with Crippen molar-refractivity contribution in [1.82, 2.24) is 0 Å². The van der Waals surface area contributed by atoms with Gasteiger partial charge in [-0.05, 0) is 0 Å². The van der Waals surface area contributed by atoms with Gasteiger partial charge in [0.05, 0.1) is 0 Å². The Morgan fingerprint density at radius 3 is 1.63 bits per heavy atom. The van der Waals surface area contributed by atoms with Crippen LogP contribution in [0.15, 0.2) is 60.7 Å². The van der Waals surface area contributed by atoms with E-state index < -0.39 is 12.4 Å². The minimum atomic E-state index is -5.03. The molecule has 0 unspecified atom stereocenters. The summed E-state index contributed by atoms with van der Waals surface area (Å²) in [5.74, 6) is 0. The summed E-state index contributed by atoms with van der Waals surface area (Å²) in [5, 5.41) is -1.00. The van der Waals surface area contributed by atoms with E-state index in [0.717, 1.165) is 0 Å². The Kier molecular flexibility index (Phi) is 3.28. The molecule has 0 atom stereocenters. The Hall–Kier alpha value is -1.25. The van der Waals surface area contributed by atoms with Crippen molar-refractivity contribution in [3.05, 3.63) is 66.2 Å². The summed E-state index contributed by atoms with van der Waals surface area (Å²) < 4.78 is 0. The fraction of sp³-hybridized carbons (Fsp3) is 0.200. The summed E-state index contributed by atoms with van der Waals surface area (Å²) in [6.07, 6.45) is 0. The topological polar surface area (TPSA) is 60.7 Å². The van der Waals surface area contributed by atoms with E-state index in [-0.39, 0.29) is 5.30 Å². The molecule has 0 aromatic heterocycles. The first-order chi connectivity index (χ1) is 8.75. The van der Waals surface area contributed by atoms with Crippen molar-refractivity contribution >= 4 is 12.6 Å². The Bertz CT molecular complexity index is 556. The molecule has 0 fully saturated rings. The second-order valence-electron chi connectivity index (χ2n) is 5.24. The zero-order valence-corrected chi connectivity index (χ0v) is 12.0. The molecule has 0 bridgehead atoms. The molecule has 0 amide bonds. The molecule has 102 valence electrons. The summed E-state index contributed by atoms with van der Waals surface area (Å²) in [5.41, 5.74) is 0.684. The SMILES string of the molecule is CC(C)(c1ccccc1)P(O)(O)(O)c1ccccc1. The molecule has 0 saturated heterocycles. The van der Waals surface area contributed by atoms with Gasteiger partial charge in [-0.2, -0.15) is 0 Å². The van der Waals surface area contributed by atoms with Crippen LogP contribution in [0.3, 0.4) is 0 Å². The molecular formula is C15H19O3P. The van der Waals surface area contributed by atoms with Gasteiger partial charge in [0.15, 0.2) is 0 Å². The summed E-state index contributed by atoms with van der Waals surface area (Å²) in [6.45, 7) is 3.29. The average molecular weight is 278 g/mol. The molecule has 4 heteroatoms. The summed E-state index contributed by atoms with van der Waals surface area (Å²) in [4.78, 5) is 32.0. The van der Waals surface area contributed by atoms with E-state index in [1.807, 2.05) is 18.2 Å². The standard InChI is InChI=1S/C15H19O3P/c1-15(2,13-9-5-3-6-10-13)19(16,17,18)14-11-7-4-8-12-14/h3-12,16-18H,1-2H3. The van der Waals surface area contributed by atoms with Gasteiger partial charge in [-0.15, -0.1) is 0 Å². The van der Waals surface area contributed by atoms with Crippen LogP contribution >= 0.6 is 7.28 Å². The van der Waals surface area contributed by atoms with Crippen molar-refractivity contribution in [2.24, 2.45) is 0 Å². The van der Waals surface area contributed by atoms with Crippen LogP contribution in [-0.4, -0.2) is 14.7 Å². The van der Waals surface area contributed by atoms with E-state index >= 15 is 0 Å². The van der Waals surface area contributed by atoms with Crippen molar-refractivity contribution in [3.63, 3.8) is 0 Å². The fourth-order valence-electron chi connectivity index (χ4n) is 2.11. The van der Waals surface area contributed by atoms with Crippen molar-refractivity contribution < 1.29 is 14.7 Å². The van der Waals surface area contributed by atoms with Crippen LogP contribution in [0.1, 0.15) is 19.4 Å². The molecule has 3 nitrogen and oxygen atoms in total. The molecule has 0 aliphatic rings. The first-order valence-corrected chi connectivity index (χ1v) is 8.21. The van der Waals surface area contributed by atoms with Crippen LogP contribution in [0.5, 0.6) is 0 Å². The van der Waals surface area contributed by atoms with E-state index in [0.29, 0.717) is 5.56 Å². The summed E-state index contributed by atoms with van der Waals surface area (Å²) in [6, 6.07) is 17.3. The van der Waals surface area contributed by atoms with Crippen LogP contribution in [0.2, 0.25) is 0 Å². The van der Waals surface area contributed by atoms with Gasteiger partial charge in [0.2, 0.25) is 0 Å². The van der Waals surface area contributed by atoms with Crippen LogP contribution < -0.4 is 5.30 Å². The third kappa shape index (κ3) is 2.19.